The molecular weight excluding hydrogens is 1230 g/mol. The van der Waals surface area contributed by atoms with Crippen LogP contribution < -0.4 is 9.47 Å². The predicted molar refractivity (Wildman–Crippen MR) is 429 cm³/mol. The minimum Gasteiger partial charge on any atom is -0.508 e. The zero-order chi connectivity index (χ0) is 74.0. The van der Waals surface area contributed by atoms with Gasteiger partial charge in [-0.3, -0.25) is 0 Å². The first-order valence-corrected chi connectivity index (χ1v) is 36.2. The number of aromatic hydroxyl groups is 3. The van der Waals surface area contributed by atoms with Gasteiger partial charge in [0.25, 0.3) is 0 Å². The van der Waals surface area contributed by atoms with Gasteiger partial charge in [0.1, 0.15) is 17.2 Å². The number of phenols is 3. The minimum absolute atomic E-state index is 0.124. The molecule has 0 saturated carbocycles. The predicted octanol–water partition coefficient (Wildman–Crippen LogP) is 26.4. The Balaban J connectivity index is 0.000000290. The first kappa shape index (κ1) is 84.2. The van der Waals surface area contributed by atoms with Crippen molar-refractivity contribution in [1.29, 1.82) is 0 Å². The lowest BCUT2D eigenvalue weighted by molar-refractivity contribution is 0.351. The summed E-state index contributed by atoms with van der Waals surface area (Å²) >= 11 is 3.61. The van der Waals surface area contributed by atoms with E-state index in [1.54, 1.807) is 49.8 Å². The van der Waals surface area contributed by atoms with Gasteiger partial charge in [-0.15, -0.1) is 11.3 Å². The van der Waals surface area contributed by atoms with E-state index in [4.69, 9.17) is 14.6 Å². The topological polar surface area (TPSA) is 79.2 Å². The smallest absolute Gasteiger partial charge is 0.163 e. The summed E-state index contributed by atoms with van der Waals surface area (Å²) in [5.41, 5.74) is 21.6. The molecule has 0 radical (unpaired) electrons. The molecule has 1 aliphatic rings. The van der Waals surface area contributed by atoms with Crippen LogP contribution in [0.25, 0.3) is 16.2 Å². The van der Waals surface area contributed by atoms with Crippen LogP contribution in [0.4, 0.5) is 0 Å². The fraction of sp³-hybridized carbons (Fsp3) is 0.444. The summed E-state index contributed by atoms with van der Waals surface area (Å²) in [4.78, 5) is 0. The van der Waals surface area contributed by atoms with E-state index in [0.29, 0.717) is 22.7 Å². The van der Waals surface area contributed by atoms with Crippen molar-refractivity contribution in [3.05, 3.63) is 245 Å². The number of rotatable bonds is 2. The maximum Gasteiger partial charge on any atom is 0.163 e. The van der Waals surface area contributed by atoms with E-state index in [9.17, 15) is 10.2 Å². The Labute approximate surface area is 598 Å². The van der Waals surface area contributed by atoms with Gasteiger partial charge in [-0.25, -0.2) is 0 Å². The third-order valence-corrected chi connectivity index (χ3v) is 18.6. The highest BCUT2D eigenvalue weighted by Crippen LogP contribution is 2.38. The maximum atomic E-state index is 9.38. The van der Waals surface area contributed by atoms with Gasteiger partial charge >= 0.3 is 0 Å². The first-order chi connectivity index (χ1) is 44.4. The molecule has 0 bridgehead atoms. The lowest BCUT2D eigenvalue weighted by Gasteiger charge is -2.24. The SMILES string of the molecule is CC(C)(C)c1ccc(O)cc1.CC(C)(C)c1ccc2c(c1)C=CC2.CC(C)(C)c1cccc(O)c1.CC(C)(C)c1ccsc1.CC(C)(C)c1csc2ccccc12.COc1cc(C(C)(C)C)cc(C)c1OC.Cc1cc(O)cc(C)c1C(C)(C)C.Cc1ccc(C(C)(C)C)cc1C. The molecule has 0 atom stereocenters. The lowest BCUT2D eigenvalue weighted by atomic mass is 9.81. The second-order valence-corrected chi connectivity index (χ2v) is 35.7. The molecule has 9 aromatic rings. The molecule has 3 N–H and O–H groups in total. The van der Waals surface area contributed by atoms with E-state index >= 15 is 0 Å². The fourth-order valence-corrected chi connectivity index (χ4v) is 12.9. The van der Waals surface area contributed by atoms with Gasteiger partial charge in [0.15, 0.2) is 11.5 Å². The van der Waals surface area contributed by atoms with Crippen LogP contribution in [0.3, 0.4) is 0 Å². The monoisotopic (exact) mass is 1350 g/mol. The first-order valence-electron chi connectivity index (χ1n) is 34.4. The van der Waals surface area contributed by atoms with Crippen LogP contribution in [0.15, 0.2) is 162 Å². The van der Waals surface area contributed by atoms with Gasteiger partial charge in [-0.2, -0.15) is 11.3 Å². The van der Waals surface area contributed by atoms with Crippen molar-refractivity contribution in [2.45, 2.75) is 251 Å². The molecule has 0 aliphatic heterocycles. The summed E-state index contributed by atoms with van der Waals surface area (Å²) in [5.74, 6) is 2.67. The Morgan fingerprint density at radius 2 is 0.856 bits per heavy atom. The molecule has 0 unspecified atom stereocenters. The van der Waals surface area contributed by atoms with Crippen LogP contribution in [-0.4, -0.2) is 29.5 Å². The standard InChI is InChI=1S/C13H20O2.C13H16.C12H18O.C12H14S.C12H18.2C10H14O.C8H12S/c1-9-7-10(13(2,3)4)8-11(14-5)12(9)15-6;1-13(2,3)12-8-7-10-5-4-6-11(10)9-12;1-8-6-10(13)7-9(2)11(8)12(3,4)5;1-12(2,3)10-8-13-11-7-5-4-6-9(10)11;1-9-6-7-11(8-10(9)2)12(3,4)5;1-10(2,3)8-4-6-9(11)7-5-8;1-10(2,3)8-5-4-6-9(11)7-8;1-8(2,3)7-4-5-9-6-7/h7-8H,1-6H3;4,6-9H,5H2,1-3H3;6-7,13H,1-5H3;4-8H,1-3H3;6-8H,1-5H3;2*4-7,11H,1-3H3;4-6H,1-3H3. The van der Waals surface area contributed by atoms with Crippen LogP contribution in [0.5, 0.6) is 28.7 Å². The average molecular weight is 1350 g/mol. The van der Waals surface area contributed by atoms with Crippen LogP contribution in [0.2, 0.25) is 0 Å². The quantitative estimate of drug-likeness (QED) is 0.161. The molecule has 97 heavy (non-hydrogen) atoms. The summed E-state index contributed by atoms with van der Waals surface area (Å²) < 4.78 is 12.0. The Kier molecular flexibility index (Phi) is 30.5. The number of hydrogen-bond donors (Lipinski definition) is 3. The molecular formula is C90H126O5S2. The average Bonchev–Trinajstić information content (AvgIpc) is 1.80. The molecule has 0 spiro atoms. The third kappa shape index (κ3) is 27.6. The Hall–Kier alpha value is -7.06. The van der Waals surface area contributed by atoms with Crippen molar-refractivity contribution in [3.8, 4) is 28.7 Å². The molecule has 1 aliphatic carbocycles. The van der Waals surface area contributed by atoms with Gasteiger partial charge in [0.2, 0.25) is 0 Å². The van der Waals surface area contributed by atoms with Crippen LogP contribution >= 0.6 is 22.7 Å². The van der Waals surface area contributed by atoms with Crippen LogP contribution in [-0.2, 0) is 49.7 Å². The number of allylic oxidation sites excluding steroid dienone is 1. The lowest BCUT2D eigenvalue weighted by Crippen LogP contribution is -2.14. The second-order valence-electron chi connectivity index (χ2n) is 34.1. The van der Waals surface area contributed by atoms with Crippen molar-refractivity contribution in [2.75, 3.05) is 14.2 Å². The summed E-state index contributed by atoms with van der Waals surface area (Å²) in [6.07, 6.45) is 5.57. The zero-order valence-corrected chi connectivity index (χ0v) is 67.5. The number of aryl methyl sites for hydroxylation is 5. The number of hydrogen-bond acceptors (Lipinski definition) is 7. The molecule has 7 heteroatoms. The minimum atomic E-state index is 0.124. The molecule has 7 aromatic carbocycles. The highest BCUT2D eigenvalue weighted by molar-refractivity contribution is 7.17. The molecule has 2 heterocycles. The molecule has 528 valence electrons. The molecule has 5 nitrogen and oxygen atoms in total. The molecule has 0 amide bonds. The third-order valence-electron chi connectivity index (χ3n) is 16.9. The van der Waals surface area contributed by atoms with E-state index in [0.717, 1.165) is 29.0 Å². The van der Waals surface area contributed by atoms with Gasteiger partial charge in [0.05, 0.1) is 14.2 Å². The Morgan fingerprint density at radius 3 is 1.30 bits per heavy atom. The molecule has 10 rings (SSSR count). The second kappa shape index (κ2) is 35.1. The van der Waals surface area contributed by atoms with Crippen molar-refractivity contribution in [3.63, 3.8) is 0 Å². The number of thiophene rings is 2. The highest BCUT2D eigenvalue weighted by atomic mass is 32.1. The maximum absolute atomic E-state index is 9.38. The number of phenolic OH excluding ortho intramolecular Hbond substituents is 3. The summed E-state index contributed by atoms with van der Waals surface area (Å²) in [6.45, 7) is 63.4. The number of ether oxygens (including phenoxy) is 2. The summed E-state index contributed by atoms with van der Waals surface area (Å²) in [6, 6.07) is 47.0. The Morgan fingerprint density at radius 1 is 0.361 bits per heavy atom. The van der Waals surface area contributed by atoms with Crippen molar-refractivity contribution >= 4 is 38.8 Å². The summed E-state index contributed by atoms with van der Waals surface area (Å²) in [7, 11) is 3.34. The largest absolute Gasteiger partial charge is 0.508 e. The number of methoxy groups -OCH3 is 2. The Bertz CT molecular complexity index is 3870. The van der Waals surface area contributed by atoms with Crippen LogP contribution in [0, 0.1) is 34.6 Å². The van der Waals surface area contributed by atoms with Gasteiger partial charge in [0, 0.05) is 4.70 Å². The van der Waals surface area contributed by atoms with Crippen molar-refractivity contribution in [1.82, 2.24) is 0 Å². The highest BCUT2D eigenvalue weighted by Gasteiger charge is 2.22. The van der Waals surface area contributed by atoms with Gasteiger partial charge < -0.3 is 24.8 Å². The molecule has 0 saturated heterocycles. The normalized spacial score (nSPS) is 12.1. The van der Waals surface area contributed by atoms with E-state index in [-0.39, 0.29) is 37.9 Å². The number of fused-ring (bicyclic) bond motifs is 2. The zero-order valence-electron chi connectivity index (χ0n) is 65.8. The fourth-order valence-electron chi connectivity index (χ4n) is 10.8. The van der Waals surface area contributed by atoms with E-state index in [2.05, 4.69) is 281 Å². The van der Waals surface area contributed by atoms with E-state index in [1.807, 2.05) is 74.6 Å². The van der Waals surface area contributed by atoms with Crippen LogP contribution in [0.1, 0.15) is 250 Å². The van der Waals surface area contributed by atoms with Crippen molar-refractivity contribution in [2.24, 2.45) is 0 Å². The number of benzene rings is 7. The molecule has 2 aromatic heterocycles. The van der Waals surface area contributed by atoms with Gasteiger partial charge in [-0.05, 0) is 244 Å². The summed E-state index contributed by atoms with van der Waals surface area (Å²) in [5, 5.41) is 35.6. The molecule has 0 fully saturated rings. The van der Waals surface area contributed by atoms with E-state index < -0.39 is 0 Å². The van der Waals surface area contributed by atoms with Crippen molar-refractivity contribution < 1.29 is 24.8 Å². The van der Waals surface area contributed by atoms with E-state index in [1.165, 1.54) is 82.4 Å². The van der Waals surface area contributed by atoms with Gasteiger partial charge in [-0.1, -0.05) is 263 Å².